The third kappa shape index (κ3) is 11.3. The molecule has 138 valence electrons. The lowest BCUT2D eigenvalue weighted by Crippen LogP contribution is -2.33. The smallest absolute Gasteiger partial charge is 0.321 e. The van der Waals surface area contributed by atoms with E-state index in [2.05, 4.69) is 0 Å². The highest BCUT2D eigenvalue weighted by molar-refractivity contribution is 8.02. The molecule has 0 aliphatic rings. The van der Waals surface area contributed by atoms with Crippen molar-refractivity contribution in [1.29, 1.82) is 10.5 Å². The van der Waals surface area contributed by atoms with E-state index in [-0.39, 0.29) is 38.1 Å². The lowest BCUT2D eigenvalue weighted by molar-refractivity contribution is 0.204. The van der Waals surface area contributed by atoms with Crippen LogP contribution in [-0.4, -0.2) is 30.0 Å². The molecule has 2 unspecified atom stereocenters. The Morgan fingerprint density at radius 3 is 1.83 bits per heavy atom. The topological polar surface area (TPSA) is 87.7 Å². The van der Waals surface area contributed by atoms with Crippen molar-refractivity contribution >= 4 is 46.5 Å². The van der Waals surface area contributed by atoms with E-state index in [1.165, 1.54) is 0 Å². The van der Waals surface area contributed by atoms with E-state index >= 15 is 0 Å². The minimum absolute atomic E-state index is 0.141. The van der Waals surface area contributed by atoms with Crippen LogP contribution in [0.2, 0.25) is 0 Å². The van der Waals surface area contributed by atoms with Crippen molar-refractivity contribution < 1.29 is 17.7 Å². The van der Waals surface area contributed by atoms with E-state index in [1.807, 2.05) is 44.5 Å². The van der Waals surface area contributed by atoms with Gasteiger partial charge >= 0.3 is 8.60 Å². The summed E-state index contributed by atoms with van der Waals surface area (Å²) in [5.41, 5.74) is 0. The fourth-order valence-electron chi connectivity index (χ4n) is 1.61. The van der Waals surface area contributed by atoms with Crippen molar-refractivity contribution in [3.63, 3.8) is 0 Å². The number of halogens is 2. The fourth-order valence-corrected chi connectivity index (χ4v) is 6.04. The van der Waals surface area contributed by atoms with Gasteiger partial charge in [-0.15, -0.1) is 0 Å². The van der Waals surface area contributed by atoms with Crippen LogP contribution in [0.3, 0.4) is 0 Å². The van der Waals surface area contributed by atoms with Gasteiger partial charge in [-0.05, 0) is 50.2 Å². The Kier molecular flexibility index (Phi) is 15.2. The quantitative estimate of drug-likeness (QED) is 0.253. The van der Waals surface area contributed by atoms with Crippen molar-refractivity contribution in [1.82, 2.24) is 4.67 Å². The van der Waals surface area contributed by atoms with E-state index in [0.29, 0.717) is 0 Å². The molecule has 0 saturated heterocycles. The monoisotopic (exact) mass is 435 g/mol. The Morgan fingerprint density at radius 1 is 0.917 bits per heavy atom. The maximum Gasteiger partial charge on any atom is 0.344 e. The van der Waals surface area contributed by atoms with E-state index in [9.17, 15) is 0 Å². The van der Waals surface area contributed by atoms with E-state index < -0.39 is 24.0 Å². The summed E-state index contributed by atoms with van der Waals surface area (Å²) in [5, 5.41) is 17.3. The first kappa shape index (κ1) is 24.7. The Bertz CT molecular complexity index is 413. The molecule has 0 radical (unpaired) electrons. The van der Waals surface area contributed by atoms with Crippen LogP contribution in [0.25, 0.3) is 0 Å². The van der Waals surface area contributed by atoms with Crippen LogP contribution in [0.4, 0.5) is 0 Å². The second kappa shape index (κ2) is 14.8. The lowest BCUT2D eigenvalue weighted by Gasteiger charge is -2.36. The summed E-state index contributed by atoms with van der Waals surface area (Å²) in [6.07, 6.45) is 0.442. The van der Waals surface area contributed by atoms with Crippen LogP contribution < -0.4 is 0 Å². The third-order valence-electron chi connectivity index (χ3n) is 2.34. The minimum Gasteiger partial charge on any atom is -0.321 e. The number of nitriles is 2. The summed E-state index contributed by atoms with van der Waals surface area (Å²) in [4.78, 5) is 0. The Balaban J connectivity index is 5.04. The lowest BCUT2D eigenvalue weighted by atomic mass is 10.3. The SMILES string of the molecule is CC(C)N(C(C)C)P(OCCC#N)OP(OCCC#N)OP(Cl)Cl. The average molecular weight is 436 g/mol. The van der Waals surface area contributed by atoms with Gasteiger partial charge in [0.1, 0.15) is 0 Å². The van der Waals surface area contributed by atoms with Crippen molar-refractivity contribution in [2.24, 2.45) is 0 Å². The summed E-state index contributed by atoms with van der Waals surface area (Å²) in [5.74, 6) is 0. The van der Waals surface area contributed by atoms with Crippen LogP contribution in [0, 0.1) is 22.7 Å². The van der Waals surface area contributed by atoms with Gasteiger partial charge in [-0.2, -0.15) is 10.5 Å². The van der Waals surface area contributed by atoms with Crippen LogP contribution >= 0.6 is 46.5 Å². The highest BCUT2D eigenvalue weighted by Crippen LogP contribution is 2.66. The molecule has 0 aliphatic heterocycles. The summed E-state index contributed by atoms with van der Waals surface area (Å²) >= 11 is 11.4. The van der Waals surface area contributed by atoms with Gasteiger partial charge in [0, 0.05) is 12.1 Å². The number of rotatable bonds is 13. The molecule has 0 amide bonds. The first-order valence-electron chi connectivity index (χ1n) is 7.19. The van der Waals surface area contributed by atoms with Crippen LogP contribution in [-0.2, 0) is 17.7 Å². The molecule has 0 fully saturated rings. The highest BCUT2D eigenvalue weighted by atomic mass is 35.9. The van der Waals surface area contributed by atoms with Crippen molar-refractivity contribution in [2.75, 3.05) is 13.2 Å². The van der Waals surface area contributed by atoms with E-state index in [1.54, 1.807) is 0 Å². The molecule has 0 aromatic rings. The predicted molar refractivity (Wildman–Crippen MR) is 99.1 cm³/mol. The first-order valence-corrected chi connectivity index (χ1v) is 12.5. The normalized spacial score (nSPS) is 14.2. The molecule has 24 heavy (non-hydrogen) atoms. The summed E-state index contributed by atoms with van der Waals surface area (Å²) in [6.45, 7) is 6.71. The van der Waals surface area contributed by atoms with Gasteiger partial charge in [0.15, 0.2) is 0 Å². The molecule has 0 spiro atoms. The molecular formula is C12H22Cl2N3O4P3. The average Bonchev–Trinajstić information content (AvgIpc) is 2.46. The Morgan fingerprint density at radius 2 is 1.42 bits per heavy atom. The second-order valence-corrected chi connectivity index (χ2v) is 10.8. The zero-order chi connectivity index (χ0) is 18.5. The molecule has 0 saturated carbocycles. The molecule has 0 heterocycles. The number of hydrogen-bond acceptors (Lipinski definition) is 7. The highest BCUT2D eigenvalue weighted by Gasteiger charge is 2.32. The molecule has 0 N–H and O–H groups in total. The van der Waals surface area contributed by atoms with Gasteiger partial charge in [0.2, 0.25) is 6.85 Å². The Labute approximate surface area is 157 Å². The van der Waals surface area contributed by atoms with Gasteiger partial charge in [0.05, 0.1) is 38.2 Å². The van der Waals surface area contributed by atoms with Crippen LogP contribution in [0.1, 0.15) is 40.5 Å². The molecule has 7 nitrogen and oxygen atoms in total. The number of hydrogen-bond donors (Lipinski definition) is 0. The van der Waals surface area contributed by atoms with Gasteiger partial charge in [-0.1, -0.05) is 0 Å². The van der Waals surface area contributed by atoms with E-state index in [0.717, 1.165) is 0 Å². The fraction of sp³-hybridized carbons (Fsp3) is 0.833. The summed E-state index contributed by atoms with van der Waals surface area (Å²) in [6, 6.07) is 4.28. The van der Waals surface area contributed by atoms with Crippen LogP contribution in [0.15, 0.2) is 0 Å². The van der Waals surface area contributed by atoms with E-state index in [4.69, 9.17) is 50.7 Å². The van der Waals surface area contributed by atoms with Gasteiger partial charge in [0.25, 0.3) is 8.53 Å². The van der Waals surface area contributed by atoms with Crippen molar-refractivity contribution in [3.05, 3.63) is 0 Å². The summed E-state index contributed by atoms with van der Waals surface area (Å²) < 4.78 is 24.4. The Hall–Kier alpha value is 0.650. The molecule has 0 rings (SSSR count). The van der Waals surface area contributed by atoms with Crippen LogP contribution in [0.5, 0.6) is 0 Å². The molecule has 0 aromatic heterocycles. The van der Waals surface area contributed by atoms with Gasteiger partial charge in [-0.25, -0.2) is 8.98 Å². The number of nitrogens with zero attached hydrogens (tertiary/aromatic N) is 3. The standard InChI is InChI=1S/C12H22Cl2N3O4P3/c1-11(2)17(12(3)4)23(18-9-5-7-15)21-24(20-22(13)14)19-10-6-8-16/h11-12H,5-6,9-10H2,1-4H3. The first-order chi connectivity index (χ1) is 11.3. The second-order valence-electron chi connectivity index (χ2n) is 4.88. The molecule has 2 atom stereocenters. The zero-order valence-electron chi connectivity index (χ0n) is 14.1. The predicted octanol–water partition coefficient (Wildman–Crippen LogP) is 6.16. The molecule has 0 aliphatic carbocycles. The minimum atomic E-state index is -1.86. The van der Waals surface area contributed by atoms with Crippen molar-refractivity contribution in [2.45, 2.75) is 52.6 Å². The molecule has 0 aromatic carbocycles. The maximum absolute atomic E-state index is 8.69. The van der Waals surface area contributed by atoms with Gasteiger partial charge < -0.3 is 9.05 Å². The molecule has 12 heteroatoms. The van der Waals surface area contributed by atoms with Gasteiger partial charge in [-0.3, -0.25) is 4.31 Å². The summed E-state index contributed by atoms with van der Waals surface area (Å²) in [7, 11) is -3.40. The largest absolute Gasteiger partial charge is 0.344 e. The molecule has 0 bridgehead atoms. The maximum atomic E-state index is 8.69. The molecular weight excluding hydrogens is 414 g/mol. The third-order valence-corrected chi connectivity index (χ3v) is 7.67. The van der Waals surface area contributed by atoms with Crippen molar-refractivity contribution in [3.8, 4) is 12.1 Å². The zero-order valence-corrected chi connectivity index (χ0v) is 18.3.